The van der Waals surface area contributed by atoms with Crippen molar-refractivity contribution in [3.63, 3.8) is 0 Å². The third kappa shape index (κ3) is 26.8. The molecule has 8 unspecified atom stereocenters. The third-order valence-electron chi connectivity index (χ3n) is 18.2. The molecule has 7 rings (SSSR count). The van der Waals surface area contributed by atoms with E-state index in [0.29, 0.717) is 96.8 Å². The summed E-state index contributed by atoms with van der Waals surface area (Å²) in [6.07, 6.45) is 10.9. The maximum absolute atomic E-state index is 15.4. The van der Waals surface area contributed by atoms with E-state index in [0.717, 1.165) is 10.9 Å². The van der Waals surface area contributed by atoms with Crippen molar-refractivity contribution in [2.24, 2.45) is 34.6 Å². The Morgan fingerprint density at radius 3 is 1.09 bits per heavy atom. The highest BCUT2D eigenvalue weighted by Crippen LogP contribution is 2.23. The van der Waals surface area contributed by atoms with E-state index in [1.54, 1.807) is 109 Å². The van der Waals surface area contributed by atoms with Crippen LogP contribution in [-0.4, -0.2) is 149 Å². The standard InChI is InChI=1S/C81H103N17O12/c1-50(71(100)60(72(86)101)33-17-21-39-82)89-77(106)66(43-53-25-7-4-8-26-53)94-75(104)64(37-19-23-41-84)92-73(102)51(2)90-78(107)67(44-54-27-9-5-10-28-54)95-76(105)65(38-20-24-42-85)93-80(109)69(46-56-48-87-61-34-15-13-31-58(56)61)98-79(108)68(45-55-29-11-6-12-30-55)96-81(110)70(47-57-49-88-62-35-16-14-32-59(57)62)97-74(103)63(91-52(3)99)36-18-22-40-83/h4-16,25-32,34-35,43-45,48-51,60,63-65,69-70,87-88H,17-24,33,36-42,46-47,82-85H2,1-3H3,(H2,86,101)(H,89,106)(H,90,107)(H,91,99)(H,92,102)(H,93,109)(H,94,104)(H,95,105)(H,96,110)(H,97,103)(H,98,108). The first-order valence-corrected chi connectivity index (χ1v) is 37.1. The number of carbonyl (C=O) groups excluding carboxylic acids is 12. The fourth-order valence-corrected chi connectivity index (χ4v) is 12.3. The normalized spacial score (nSPS) is 13.9. The molecule has 5 aromatic carbocycles. The Morgan fingerprint density at radius 2 is 0.691 bits per heavy atom. The minimum atomic E-state index is -1.51. The van der Waals surface area contributed by atoms with Gasteiger partial charge in [-0.2, -0.15) is 0 Å². The van der Waals surface area contributed by atoms with Gasteiger partial charge in [-0.25, -0.2) is 0 Å². The topological polar surface area (TPSA) is 487 Å². The van der Waals surface area contributed by atoms with Crippen LogP contribution in [0.2, 0.25) is 0 Å². The van der Waals surface area contributed by atoms with Crippen LogP contribution in [0.5, 0.6) is 0 Å². The Hall–Kier alpha value is -11.9. The number of amides is 11. The van der Waals surface area contributed by atoms with E-state index in [2.05, 4.69) is 63.1 Å². The molecule has 584 valence electrons. The Balaban J connectivity index is 1.16. The Labute approximate surface area is 639 Å². The molecule has 2 heterocycles. The van der Waals surface area contributed by atoms with Crippen LogP contribution >= 0.6 is 0 Å². The highest BCUT2D eigenvalue weighted by atomic mass is 16.2. The predicted molar refractivity (Wildman–Crippen MR) is 422 cm³/mol. The van der Waals surface area contributed by atoms with Crippen molar-refractivity contribution in [3.05, 3.63) is 197 Å². The minimum Gasteiger partial charge on any atom is -0.369 e. The van der Waals surface area contributed by atoms with Crippen LogP contribution in [0.4, 0.5) is 0 Å². The third-order valence-corrected chi connectivity index (χ3v) is 18.2. The number of hydrogen-bond acceptors (Lipinski definition) is 16. The van der Waals surface area contributed by atoms with Gasteiger partial charge in [0.2, 0.25) is 47.3 Å². The van der Waals surface area contributed by atoms with Gasteiger partial charge in [0.1, 0.15) is 53.3 Å². The van der Waals surface area contributed by atoms with E-state index < -0.39 is 119 Å². The molecule has 110 heavy (non-hydrogen) atoms. The molecule has 0 radical (unpaired) electrons. The second-order valence-corrected chi connectivity index (χ2v) is 26.8. The van der Waals surface area contributed by atoms with E-state index in [1.807, 2.05) is 42.5 Å². The lowest BCUT2D eigenvalue weighted by Crippen LogP contribution is -2.57. The minimum absolute atomic E-state index is 0.00310. The summed E-state index contributed by atoms with van der Waals surface area (Å²) in [5.41, 5.74) is 31.9. The predicted octanol–water partition coefficient (Wildman–Crippen LogP) is 3.55. The summed E-state index contributed by atoms with van der Waals surface area (Å²) < 4.78 is 0. The van der Waals surface area contributed by atoms with Crippen LogP contribution in [-0.2, 0) is 70.4 Å². The molecule has 0 aliphatic rings. The van der Waals surface area contributed by atoms with Crippen LogP contribution in [0, 0.1) is 5.92 Å². The molecular formula is C81H103N17O12. The Kier molecular flexibility index (Phi) is 34.4. The summed E-state index contributed by atoms with van der Waals surface area (Å²) in [4.78, 5) is 177. The van der Waals surface area contributed by atoms with Crippen LogP contribution in [0.15, 0.2) is 169 Å². The van der Waals surface area contributed by atoms with Crippen molar-refractivity contribution in [2.75, 3.05) is 26.2 Å². The van der Waals surface area contributed by atoms with Crippen molar-refractivity contribution >= 4 is 111 Å². The number of hydrogen-bond donors (Lipinski definition) is 17. The second-order valence-electron chi connectivity index (χ2n) is 26.8. The number of fused-ring (bicyclic) bond motifs is 2. The number of ketones is 1. The molecule has 0 aliphatic heterocycles. The van der Waals surface area contributed by atoms with Gasteiger partial charge >= 0.3 is 0 Å². The van der Waals surface area contributed by atoms with E-state index >= 15 is 19.2 Å². The van der Waals surface area contributed by atoms with Crippen molar-refractivity contribution in [1.82, 2.24) is 63.1 Å². The molecular weight excluding hydrogens is 1400 g/mol. The number of aromatic amines is 2. The van der Waals surface area contributed by atoms with E-state index in [4.69, 9.17) is 28.7 Å². The lowest BCUT2D eigenvalue weighted by Gasteiger charge is -2.25. The van der Waals surface area contributed by atoms with Crippen LogP contribution in [0.1, 0.15) is 126 Å². The molecule has 29 nitrogen and oxygen atoms in total. The van der Waals surface area contributed by atoms with Crippen LogP contribution in [0.25, 0.3) is 40.0 Å². The Bertz CT molecular complexity index is 4390. The summed E-state index contributed by atoms with van der Waals surface area (Å²) in [5.74, 6) is -11.0. The molecule has 0 saturated heterocycles. The zero-order chi connectivity index (χ0) is 79.5. The number of primary amides is 1. The first-order chi connectivity index (χ1) is 53.0. The van der Waals surface area contributed by atoms with Gasteiger partial charge in [-0.15, -0.1) is 0 Å². The maximum atomic E-state index is 15.4. The van der Waals surface area contributed by atoms with Gasteiger partial charge in [-0.3, -0.25) is 57.5 Å². The first-order valence-electron chi connectivity index (χ1n) is 37.1. The average molecular weight is 1510 g/mol. The number of nitrogens with two attached hydrogens (primary N) is 5. The fourth-order valence-electron chi connectivity index (χ4n) is 12.3. The lowest BCUT2D eigenvalue weighted by atomic mass is 9.92. The van der Waals surface area contributed by atoms with Crippen molar-refractivity contribution < 1.29 is 57.5 Å². The number of carbonyl (C=O) groups is 12. The van der Waals surface area contributed by atoms with E-state index in [9.17, 15) is 38.4 Å². The molecule has 0 spiro atoms. The number of rotatable bonds is 45. The van der Waals surface area contributed by atoms with Gasteiger partial charge in [0, 0.05) is 54.0 Å². The number of para-hydroxylation sites is 2. The summed E-state index contributed by atoms with van der Waals surface area (Å²) in [6, 6.07) is 30.7. The summed E-state index contributed by atoms with van der Waals surface area (Å²) in [5, 5.41) is 28.6. The molecule has 29 heteroatoms. The van der Waals surface area contributed by atoms with Crippen LogP contribution < -0.4 is 81.8 Å². The van der Waals surface area contributed by atoms with Gasteiger partial charge in [0.25, 0.3) is 17.7 Å². The smallest absolute Gasteiger partial charge is 0.268 e. The molecule has 7 aromatic rings. The SMILES string of the molecule is CC(=O)NC(CCCCN)C(=O)NC(Cc1c[nH]c2ccccc12)C(=O)NC(=Cc1ccccc1)C(=O)NC(Cc1c[nH]c2ccccc12)C(=O)NC(CCCCN)C(=O)NC(=Cc1ccccc1)C(=O)NC(C)C(=O)NC(CCCCN)C(=O)NC(=Cc1ccccc1)C(=O)NC(C)C(=O)C(CCCCN)C(N)=O. The molecule has 0 saturated carbocycles. The van der Waals surface area contributed by atoms with Gasteiger partial charge in [-0.1, -0.05) is 134 Å². The molecule has 8 atom stereocenters. The largest absolute Gasteiger partial charge is 0.369 e. The molecule has 0 aliphatic carbocycles. The molecule has 0 fully saturated rings. The van der Waals surface area contributed by atoms with Crippen LogP contribution in [0.3, 0.4) is 0 Å². The number of aromatic nitrogens is 2. The van der Waals surface area contributed by atoms with Crippen molar-refractivity contribution in [3.8, 4) is 0 Å². The zero-order valence-electron chi connectivity index (χ0n) is 62.3. The Morgan fingerprint density at radius 1 is 0.364 bits per heavy atom. The van der Waals surface area contributed by atoms with Gasteiger partial charge in [0.05, 0.1) is 12.0 Å². The van der Waals surface area contributed by atoms with Gasteiger partial charge in [0.15, 0.2) is 5.78 Å². The summed E-state index contributed by atoms with van der Waals surface area (Å²) >= 11 is 0. The highest BCUT2D eigenvalue weighted by Gasteiger charge is 2.35. The van der Waals surface area contributed by atoms with E-state index in [1.165, 1.54) is 39.0 Å². The number of nitrogens with one attached hydrogen (secondary N) is 12. The molecule has 22 N–H and O–H groups in total. The summed E-state index contributed by atoms with van der Waals surface area (Å²) in [6.45, 7) is 5.12. The number of Topliss-reactive ketones (excluding diaryl/α,β-unsaturated/α-hetero) is 1. The molecule has 0 bridgehead atoms. The first kappa shape index (κ1) is 85.3. The van der Waals surface area contributed by atoms with Gasteiger partial charge < -0.3 is 91.8 Å². The average Bonchev–Trinajstić information content (AvgIpc) is 1.58. The van der Waals surface area contributed by atoms with E-state index in [-0.39, 0.29) is 75.1 Å². The highest BCUT2D eigenvalue weighted by molar-refractivity contribution is 6.09. The van der Waals surface area contributed by atoms with Crippen molar-refractivity contribution in [2.45, 2.75) is 153 Å². The zero-order valence-corrected chi connectivity index (χ0v) is 62.3. The fraction of sp³-hybridized carbons (Fsp3) is 0.358. The molecule has 2 aromatic heterocycles. The number of unbranched alkanes of at least 4 members (excludes halogenated alkanes) is 4. The second kappa shape index (κ2) is 44.4. The monoisotopic (exact) mass is 1510 g/mol. The number of H-pyrrole nitrogens is 2. The van der Waals surface area contributed by atoms with Crippen molar-refractivity contribution in [1.29, 1.82) is 0 Å². The summed E-state index contributed by atoms with van der Waals surface area (Å²) in [7, 11) is 0. The van der Waals surface area contributed by atoms with Gasteiger partial charge in [-0.05, 0) is 169 Å². The maximum Gasteiger partial charge on any atom is 0.268 e. The molecule has 11 amide bonds. The number of benzene rings is 5. The lowest BCUT2D eigenvalue weighted by molar-refractivity contribution is -0.135. The quantitative estimate of drug-likeness (QED) is 0.0147.